The van der Waals surface area contributed by atoms with Gasteiger partial charge in [0, 0.05) is 12.8 Å². The van der Waals surface area contributed by atoms with E-state index in [1.165, 1.54) is 6.07 Å². The Kier molecular flexibility index (Phi) is 4.65. The highest BCUT2D eigenvalue weighted by atomic mass is 19.4. The van der Waals surface area contributed by atoms with Crippen molar-refractivity contribution in [3.63, 3.8) is 0 Å². The van der Waals surface area contributed by atoms with Gasteiger partial charge in [0.05, 0.1) is 6.07 Å². The van der Waals surface area contributed by atoms with Crippen molar-refractivity contribution in [3.8, 4) is 6.07 Å². The molecule has 0 unspecified atom stereocenters. The van der Waals surface area contributed by atoms with E-state index in [0.29, 0.717) is 18.9 Å². The first kappa shape index (κ1) is 14.9. The maximum atomic E-state index is 12.3. The van der Waals surface area contributed by atoms with E-state index in [9.17, 15) is 26.3 Å². The Hall–Kier alpha value is -1.19. The van der Waals surface area contributed by atoms with E-state index in [0.717, 1.165) is 19.3 Å². The maximum absolute atomic E-state index is 12.3. The quantitative estimate of drug-likeness (QED) is 0.347. The third-order valence-corrected chi connectivity index (χ3v) is 2.48. The van der Waals surface area contributed by atoms with Gasteiger partial charge in [-0.3, -0.25) is 0 Å². The molecule has 0 heterocycles. The molecule has 0 saturated heterocycles. The van der Waals surface area contributed by atoms with Gasteiger partial charge in [0.15, 0.2) is 0 Å². The molecule has 0 N–H and O–H groups in total. The average Bonchev–Trinajstić information content (AvgIpc) is 2.22. The Morgan fingerprint density at radius 2 is 1.56 bits per heavy atom. The van der Waals surface area contributed by atoms with Crippen molar-refractivity contribution in [2.75, 3.05) is 0 Å². The Balaban J connectivity index is 2.86. The van der Waals surface area contributed by atoms with E-state index in [2.05, 4.69) is 4.85 Å². The summed E-state index contributed by atoms with van der Waals surface area (Å²) in [6.07, 6.45) is -6.08. The molecule has 7 heteroatoms. The lowest BCUT2D eigenvalue weighted by molar-refractivity contribution is -0.109. The number of allylic oxidation sites excluding steroid dienone is 2. The van der Waals surface area contributed by atoms with Crippen LogP contribution in [0, 0.1) is 12.1 Å². The second kappa shape index (κ2) is 5.63. The van der Waals surface area contributed by atoms with Gasteiger partial charge in [-0.15, -0.1) is 6.08 Å². The monoisotopic (exact) mass is 271 g/mol. The highest BCUT2D eigenvalue weighted by molar-refractivity contribution is 5.28. The first-order chi connectivity index (χ1) is 8.18. The van der Waals surface area contributed by atoms with Gasteiger partial charge in [0.2, 0.25) is 6.04 Å². The number of hydrogen-bond acceptors (Lipinski definition) is 0. The molecule has 1 aliphatic rings. The third-order valence-electron chi connectivity index (χ3n) is 2.48. The van der Waals surface area contributed by atoms with Crippen molar-refractivity contribution < 1.29 is 26.3 Å². The third kappa shape index (κ3) is 5.43. The van der Waals surface area contributed by atoms with Gasteiger partial charge in [-0.1, -0.05) is 6.42 Å². The lowest BCUT2D eigenvalue weighted by Crippen LogP contribution is -2.16. The summed E-state index contributed by atoms with van der Waals surface area (Å²) in [5.41, 5.74) is -2.00. The SMILES string of the molecule is FC(F)(F)[C-]=C(C#[N+]C1CCCCC1)C(F)(F)F. The molecule has 0 spiro atoms. The molecule has 0 aromatic carbocycles. The number of rotatable bonds is 0. The van der Waals surface area contributed by atoms with E-state index >= 15 is 0 Å². The van der Waals surface area contributed by atoms with Crippen molar-refractivity contribution in [2.45, 2.75) is 50.5 Å². The molecule has 0 aromatic heterocycles. The highest BCUT2D eigenvalue weighted by Crippen LogP contribution is 2.29. The highest BCUT2D eigenvalue weighted by Gasteiger charge is 2.33. The predicted octanol–water partition coefficient (Wildman–Crippen LogP) is 4.51. The summed E-state index contributed by atoms with van der Waals surface area (Å²) in [6, 6.07) is 1.10. The number of hydrogen-bond donors (Lipinski definition) is 0. The van der Waals surface area contributed by atoms with Gasteiger partial charge in [-0.25, -0.2) is 0 Å². The topological polar surface area (TPSA) is 4.36 Å². The molecule has 1 nitrogen and oxygen atoms in total. The number of halogens is 6. The Morgan fingerprint density at radius 1 is 1.00 bits per heavy atom. The summed E-state index contributed by atoms with van der Waals surface area (Å²) >= 11 is 0. The van der Waals surface area contributed by atoms with Crippen LogP contribution < -0.4 is 0 Å². The summed E-state index contributed by atoms with van der Waals surface area (Å²) in [5.74, 6) is 0. The standard InChI is InChI=1S/C11H11F6N/c12-10(13,14)6-8(11(15,16)17)7-18-9-4-2-1-3-5-9/h9H,1-5H2. The van der Waals surface area contributed by atoms with Crippen LogP contribution in [0.1, 0.15) is 32.1 Å². The minimum atomic E-state index is -5.15. The van der Waals surface area contributed by atoms with Crippen LogP contribution in [0.3, 0.4) is 0 Å². The van der Waals surface area contributed by atoms with E-state index in [-0.39, 0.29) is 6.04 Å². The summed E-state index contributed by atoms with van der Waals surface area (Å²) in [7, 11) is 0. The van der Waals surface area contributed by atoms with Crippen molar-refractivity contribution in [1.82, 2.24) is 0 Å². The zero-order valence-electron chi connectivity index (χ0n) is 9.33. The van der Waals surface area contributed by atoms with Crippen LogP contribution in [0.5, 0.6) is 0 Å². The minimum absolute atomic E-state index is 0.369. The lowest BCUT2D eigenvalue weighted by Gasteiger charge is -2.13. The Bertz CT molecular complexity index is 362. The second-order valence-electron chi connectivity index (χ2n) is 4.03. The van der Waals surface area contributed by atoms with Crippen molar-refractivity contribution in [3.05, 3.63) is 16.5 Å². The van der Waals surface area contributed by atoms with Crippen LogP contribution in [-0.2, 0) is 0 Å². The molecule has 0 amide bonds. The zero-order chi connectivity index (χ0) is 13.8. The fraction of sp³-hybridized carbons (Fsp3) is 0.727. The molecule has 1 rings (SSSR count). The van der Waals surface area contributed by atoms with Crippen LogP contribution in [-0.4, -0.2) is 18.4 Å². The maximum Gasteiger partial charge on any atom is 0.395 e. The van der Waals surface area contributed by atoms with Gasteiger partial charge < -0.3 is 0 Å². The van der Waals surface area contributed by atoms with Crippen LogP contribution in [0.15, 0.2) is 5.57 Å². The van der Waals surface area contributed by atoms with E-state index in [1.807, 2.05) is 0 Å². The van der Waals surface area contributed by atoms with Crippen LogP contribution in [0.25, 0.3) is 4.85 Å². The summed E-state index contributed by atoms with van der Waals surface area (Å²) in [5, 5.41) is 0. The lowest BCUT2D eigenvalue weighted by atomic mass is 9.96. The minimum Gasteiger partial charge on any atom is -0.186 e. The van der Waals surface area contributed by atoms with Gasteiger partial charge >= 0.3 is 12.4 Å². The number of nitrogens with zero attached hydrogens (tertiary/aromatic N) is 1. The Morgan fingerprint density at radius 3 is 2.00 bits per heavy atom. The molecule has 18 heavy (non-hydrogen) atoms. The van der Waals surface area contributed by atoms with Crippen LogP contribution in [0.4, 0.5) is 26.3 Å². The molecule has 0 atom stereocenters. The van der Waals surface area contributed by atoms with Crippen molar-refractivity contribution >= 4 is 0 Å². The second-order valence-corrected chi connectivity index (χ2v) is 4.03. The van der Waals surface area contributed by atoms with Gasteiger partial charge in [-0.2, -0.15) is 31.2 Å². The fourth-order valence-electron chi connectivity index (χ4n) is 1.67. The van der Waals surface area contributed by atoms with Crippen molar-refractivity contribution in [1.29, 1.82) is 0 Å². The van der Waals surface area contributed by atoms with E-state index in [4.69, 9.17) is 0 Å². The fourth-order valence-corrected chi connectivity index (χ4v) is 1.67. The first-order valence-electron chi connectivity index (χ1n) is 5.43. The normalized spacial score (nSPS) is 19.3. The van der Waals surface area contributed by atoms with Crippen LogP contribution >= 0.6 is 0 Å². The molecule has 0 aliphatic heterocycles. The molecular weight excluding hydrogens is 260 g/mol. The molecule has 0 bridgehead atoms. The molecule has 0 radical (unpaired) electrons. The predicted molar refractivity (Wildman–Crippen MR) is 53.0 cm³/mol. The zero-order valence-corrected chi connectivity index (χ0v) is 9.33. The van der Waals surface area contributed by atoms with Crippen molar-refractivity contribution in [2.24, 2.45) is 0 Å². The molecule has 1 aliphatic carbocycles. The van der Waals surface area contributed by atoms with Gasteiger partial charge in [0.25, 0.3) is 0 Å². The smallest absolute Gasteiger partial charge is 0.186 e. The Labute approximate surface area is 100 Å². The largest absolute Gasteiger partial charge is 0.395 e. The summed E-state index contributed by atoms with van der Waals surface area (Å²) in [6.45, 7) is 0. The van der Waals surface area contributed by atoms with Gasteiger partial charge in [-0.05, 0) is 18.4 Å². The molecule has 1 fully saturated rings. The average molecular weight is 271 g/mol. The number of alkyl halides is 6. The van der Waals surface area contributed by atoms with Crippen LogP contribution in [0.2, 0.25) is 0 Å². The van der Waals surface area contributed by atoms with E-state index < -0.39 is 17.9 Å². The van der Waals surface area contributed by atoms with E-state index in [1.54, 1.807) is 0 Å². The summed E-state index contributed by atoms with van der Waals surface area (Å²) in [4.78, 5) is 3.46. The molecule has 1 saturated carbocycles. The molecule has 0 aromatic rings. The molecular formula is C11H11F6N. The molecule has 102 valence electrons. The van der Waals surface area contributed by atoms with Gasteiger partial charge in [0.1, 0.15) is 0 Å². The summed E-state index contributed by atoms with van der Waals surface area (Å²) < 4.78 is 72.5. The first-order valence-corrected chi connectivity index (χ1v) is 5.43.